The maximum atomic E-state index is 11.8. The van der Waals surface area contributed by atoms with Crippen LogP contribution in [0.3, 0.4) is 0 Å². The van der Waals surface area contributed by atoms with Crippen LogP contribution in [0.15, 0.2) is 10.5 Å². The molecule has 0 saturated heterocycles. The number of hydrogen-bond donors (Lipinski definition) is 2. The van der Waals surface area contributed by atoms with E-state index in [0.717, 1.165) is 18.5 Å². The number of oxime groups is 1. The van der Waals surface area contributed by atoms with E-state index in [1.54, 1.807) is 0 Å². The van der Waals surface area contributed by atoms with Crippen molar-refractivity contribution in [3.05, 3.63) is 11.1 Å². The lowest BCUT2D eigenvalue weighted by atomic mass is 10.2. The highest BCUT2D eigenvalue weighted by atomic mass is 32.1. The fraction of sp³-hybridized carbons (Fsp3) is 0.455. The number of aliphatic carboxylic acids is 1. The van der Waals surface area contributed by atoms with Crippen LogP contribution < -0.4 is 5.32 Å². The second-order valence-corrected chi connectivity index (χ2v) is 5.34. The van der Waals surface area contributed by atoms with Gasteiger partial charge in [0, 0.05) is 17.7 Å². The van der Waals surface area contributed by atoms with Crippen molar-refractivity contribution in [2.75, 3.05) is 5.32 Å². The van der Waals surface area contributed by atoms with E-state index in [1.807, 2.05) is 5.38 Å². The fourth-order valence-corrected chi connectivity index (χ4v) is 2.54. The summed E-state index contributed by atoms with van der Waals surface area (Å²) in [6.07, 6.45) is 1.39. The number of thiazole rings is 1. The average molecular weight is 281 g/mol. The van der Waals surface area contributed by atoms with Crippen LogP contribution in [-0.2, 0) is 14.4 Å². The third-order valence-corrected chi connectivity index (χ3v) is 3.73. The van der Waals surface area contributed by atoms with E-state index in [2.05, 4.69) is 15.5 Å². The highest BCUT2D eigenvalue weighted by molar-refractivity contribution is 7.13. The van der Waals surface area contributed by atoms with Crippen molar-refractivity contribution in [2.45, 2.75) is 31.3 Å². The number of amides is 1. The molecule has 1 aliphatic carbocycles. The monoisotopic (exact) mass is 281 g/mol. The zero-order valence-electron chi connectivity index (χ0n) is 9.83. The summed E-state index contributed by atoms with van der Waals surface area (Å²) in [5.41, 5.74) is 0.869. The van der Waals surface area contributed by atoms with Crippen molar-refractivity contribution in [2.24, 2.45) is 5.16 Å². The van der Waals surface area contributed by atoms with Gasteiger partial charge in [0.15, 0.2) is 10.8 Å². The van der Waals surface area contributed by atoms with Gasteiger partial charge < -0.3 is 9.94 Å². The molecular weight excluding hydrogens is 270 g/mol. The van der Waals surface area contributed by atoms with Crippen molar-refractivity contribution in [1.82, 2.24) is 4.98 Å². The van der Waals surface area contributed by atoms with Gasteiger partial charge in [0.1, 0.15) is 0 Å². The third kappa shape index (κ3) is 2.58. The third-order valence-electron chi connectivity index (χ3n) is 2.96. The van der Waals surface area contributed by atoms with E-state index in [4.69, 9.17) is 9.94 Å². The number of carboxylic acids is 1. The summed E-state index contributed by atoms with van der Waals surface area (Å²) in [4.78, 5) is 31.6. The van der Waals surface area contributed by atoms with E-state index in [9.17, 15) is 9.59 Å². The van der Waals surface area contributed by atoms with Crippen LogP contribution in [0.4, 0.5) is 5.13 Å². The van der Waals surface area contributed by atoms with Gasteiger partial charge in [-0.2, -0.15) is 0 Å². The lowest BCUT2D eigenvalue weighted by molar-refractivity contribution is -0.129. The zero-order chi connectivity index (χ0) is 13.4. The van der Waals surface area contributed by atoms with Crippen molar-refractivity contribution >= 4 is 34.1 Å². The minimum Gasteiger partial charge on any atom is -0.477 e. The highest BCUT2D eigenvalue weighted by Gasteiger charge is 2.32. The molecule has 8 heteroatoms. The molecule has 7 nitrogen and oxygen atoms in total. The normalized spacial score (nSPS) is 21.7. The second-order valence-electron chi connectivity index (χ2n) is 4.48. The van der Waals surface area contributed by atoms with Crippen LogP contribution in [0, 0.1) is 0 Å². The van der Waals surface area contributed by atoms with E-state index in [0.29, 0.717) is 11.0 Å². The summed E-state index contributed by atoms with van der Waals surface area (Å²) in [5.74, 6) is -1.05. The van der Waals surface area contributed by atoms with Crippen LogP contribution in [-0.4, -0.2) is 33.8 Å². The van der Waals surface area contributed by atoms with Gasteiger partial charge in [0.2, 0.25) is 6.10 Å². The molecule has 1 fully saturated rings. The molecule has 2 heterocycles. The first kappa shape index (κ1) is 12.1. The summed E-state index contributed by atoms with van der Waals surface area (Å²) < 4.78 is 0. The number of carbonyl (C=O) groups excluding carboxylic acids is 1. The van der Waals surface area contributed by atoms with E-state index < -0.39 is 18.0 Å². The SMILES string of the molecule is O=C(O)C1=NOC(C(=O)Nc2nc(C3CC3)cs2)C1. The Balaban J connectivity index is 1.58. The molecule has 0 spiro atoms. The smallest absolute Gasteiger partial charge is 0.353 e. The summed E-state index contributed by atoms with van der Waals surface area (Å²) in [5, 5.41) is 17.2. The van der Waals surface area contributed by atoms with Gasteiger partial charge >= 0.3 is 5.97 Å². The molecule has 0 radical (unpaired) electrons. The number of anilines is 1. The molecule has 1 aliphatic heterocycles. The molecule has 0 bridgehead atoms. The van der Waals surface area contributed by atoms with Crippen molar-refractivity contribution in [1.29, 1.82) is 0 Å². The van der Waals surface area contributed by atoms with Crippen molar-refractivity contribution < 1.29 is 19.5 Å². The lowest BCUT2D eigenvalue weighted by Crippen LogP contribution is -2.28. The second kappa shape index (κ2) is 4.61. The Bertz CT molecular complexity index is 564. The topological polar surface area (TPSA) is 101 Å². The van der Waals surface area contributed by atoms with Gasteiger partial charge in [-0.15, -0.1) is 11.3 Å². The van der Waals surface area contributed by atoms with Gasteiger partial charge in [-0.05, 0) is 12.8 Å². The fourth-order valence-electron chi connectivity index (χ4n) is 1.74. The Morgan fingerprint density at radius 3 is 2.89 bits per heavy atom. The molecule has 1 aromatic rings. The first-order chi connectivity index (χ1) is 9.13. The molecule has 1 amide bonds. The largest absolute Gasteiger partial charge is 0.477 e. The molecule has 19 heavy (non-hydrogen) atoms. The van der Waals surface area contributed by atoms with Gasteiger partial charge in [-0.3, -0.25) is 10.1 Å². The first-order valence-electron chi connectivity index (χ1n) is 5.86. The van der Waals surface area contributed by atoms with Gasteiger partial charge in [0.25, 0.3) is 5.91 Å². The zero-order valence-corrected chi connectivity index (χ0v) is 10.6. The Hall–Kier alpha value is -1.96. The Kier molecular flexibility index (Phi) is 2.94. The maximum Gasteiger partial charge on any atom is 0.353 e. The Morgan fingerprint density at radius 2 is 2.26 bits per heavy atom. The molecule has 100 valence electrons. The maximum absolute atomic E-state index is 11.8. The van der Waals surface area contributed by atoms with E-state index in [-0.39, 0.29) is 12.1 Å². The molecule has 1 saturated carbocycles. The summed E-state index contributed by atoms with van der Waals surface area (Å²) in [6, 6.07) is 0. The summed E-state index contributed by atoms with van der Waals surface area (Å²) in [6.45, 7) is 0. The number of nitrogens with one attached hydrogen (secondary N) is 1. The van der Waals surface area contributed by atoms with Gasteiger partial charge in [0.05, 0.1) is 5.69 Å². The summed E-state index contributed by atoms with van der Waals surface area (Å²) in [7, 11) is 0. The minimum atomic E-state index is -1.17. The number of hydrogen-bond acceptors (Lipinski definition) is 6. The molecule has 1 atom stereocenters. The first-order valence-corrected chi connectivity index (χ1v) is 6.73. The predicted molar refractivity (Wildman–Crippen MR) is 67.3 cm³/mol. The van der Waals surface area contributed by atoms with E-state index in [1.165, 1.54) is 11.3 Å². The number of aromatic nitrogens is 1. The lowest BCUT2D eigenvalue weighted by Gasteiger charge is -2.06. The molecular formula is C11H11N3O4S. The average Bonchev–Trinajstić information content (AvgIpc) is 2.92. The Morgan fingerprint density at radius 1 is 1.47 bits per heavy atom. The quantitative estimate of drug-likeness (QED) is 0.863. The highest BCUT2D eigenvalue weighted by Crippen LogP contribution is 2.40. The van der Waals surface area contributed by atoms with E-state index >= 15 is 0 Å². The number of nitrogens with zero attached hydrogens (tertiary/aromatic N) is 2. The van der Waals surface area contributed by atoms with Crippen molar-refractivity contribution in [3.63, 3.8) is 0 Å². The van der Waals surface area contributed by atoms with Crippen LogP contribution in [0.1, 0.15) is 30.9 Å². The van der Waals surface area contributed by atoms with Crippen molar-refractivity contribution in [3.8, 4) is 0 Å². The number of carbonyl (C=O) groups is 2. The molecule has 3 rings (SSSR count). The van der Waals surface area contributed by atoms with Gasteiger partial charge in [-0.1, -0.05) is 5.16 Å². The van der Waals surface area contributed by atoms with Gasteiger partial charge in [-0.25, -0.2) is 9.78 Å². The molecule has 0 aromatic carbocycles. The molecule has 2 N–H and O–H groups in total. The minimum absolute atomic E-state index is 0.0258. The molecule has 1 aromatic heterocycles. The van der Waals surface area contributed by atoms with Crippen LogP contribution >= 0.6 is 11.3 Å². The van der Waals surface area contributed by atoms with Crippen LogP contribution in [0.2, 0.25) is 0 Å². The van der Waals surface area contributed by atoms with Crippen LogP contribution in [0.25, 0.3) is 0 Å². The summed E-state index contributed by atoms with van der Waals surface area (Å²) >= 11 is 1.36. The number of rotatable bonds is 4. The van der Waals surface area contributed by atoms with Crippen LogP contribution in [0.5, 0.6) is 0 Å². The molecule has 1 unspecified atom stereocenters. The predicted octanol–water partition coefficient (Wildman–Crippen LogP) is 1.19. The standard InChI is InChI=1S/C11H11N3O4S/c15-9(8-3-6(10(16)17)14-18-8)13-11-12-7(4-19-11)5-1-2-5/h4-5,8H,1-3H2,(H,16,17)(H,12,13,15). The number of carboxylic acid groups (broad SMARTS) is 1. The Labute approximate surface area is 112 Å². The molecule has 2 aliphatic rings.